The van der Waals surface area contributed by atoms with Crippen molar-refractivity contribution in [2.75, 3.05) is 19.6 Å². The van der Waals surface area contributed by atoms with E-state index >= 15 is 0 Å². The maximum absolute atomic E-state index is 12.9. The number of carbonyl (C=O) groups is 1. The second-order valence-corrected chi connectivity index (χ2v) is 6.45. The van der Waals surface area contributed by atoms with Gasteiger partial charge in [0, 0.05) is 6.04 Å². The van der Waals surface area contributed by atoms with Crippen LogP contribution in [0.5, 0.6) is 0 Å². The van der Waals surface area contributed by atoms with Crippen LogP contribution in [0.4, 0.5) is 4.39 Å². The SMILES string of the molecule is O=C(CN1CCC(C(O)c2ccc(F)cc2)CC1)NC1CC1. The third-order valence-electron chi connectivity index (χ3n) is 4.60. The van der Waals surface area contributed by atoms with E-state index in [9.17, 15) is 14.3 Å². The van der Waals surface area contributed by atoms with Gasteiger partial charge < -0.3 is 10.4 Å². The molecule has 2 fully saturated rings. The van der Waals surface area contributed by atoms with E-state index in [1.165, 1.54) is 12.1 Å². The van der Waals surface area contributed by atoms with Crippen molar-refractivity contribution >= 4 is 5.91 Å². The van der Waals surface area contributed by atoms with E-state index in [-0.39, 0.29) is 17.6 Å². The Morgan fingerprint density at radius 2 is 1.86 bits per heavy atom. The number of rotatable bonds is 5. The largest absolute Gasteiger partial charge is 0.388 e. The zero-order chi connectivity index (χ0) is 15.5. The minimum atomic E-state index is -0.553. The van der Waals surface area contributed by atoms with Crippen molar-refractivity contribution in [1.82, 2.24) is 10.2 Å². The topological polar surface area (TPSA) is 52.6 Å². The third kappa shape index (κ3) is 4.05. The standard InChI is InChI=1S/C17H23FN2O2/c18-14-3-1-12(2-4-14)17(22)13-7-9-20(10-8-13)11-16(21)19-15-5-6-15/h1-4,13,15,17,22H,5-11H2,(H,19,21). The molecule has 1 unspecified atom stereocenters. The Morgan fingerprint density at radius 1 is 1.23 bits per heavy atom. The number of likely N-dealkylation sites (tertiary alicyclic amines) is 1. The Bertz CT molecular complexity index is 508. The Labute approximate surface area is 130 Å². The number of hydrogen-bond acceptors (Lipinski definition) is 3. The molecule has 2 N–H and O–H groups in total. The van der Waals surface area contributed by atoms with Gasteiger partial charge in [0.2, 0.25) is 5.91 Å². The van der Waals surface area contributed by atoms with E-state index < -0.39 is 6.10 Å². The number of nitrogens with zero attached hydrogens (tertiary/aromatic N) is 1. The van der Waals surface area contributed by atoms with Crippen LogP contribution < -0.4 is 5.32 Å². The lowest BCUT2D eigenvalue weighted by Crippen LogP contribution is -2.42. The Hall–Kier alpha value is -1.46. The number of piperidine rings is 1. The summed E-state index contributed by atoms with van der Waals surface area (Å²) in [5, 5.41) is 13.4. The van der Waals surface area contributed by atoms with Gasteiger partial charge in [0.1, 0.15) is 5.82 Å². The molecule has 1 saturated heterocycles. The highest BCUT2D eigenvalue weighted by Gasteiger charge is 2.28. The molecule has 1 amide bonds. The molecule has 1 heterocycles. The molecule has 0 spiro atoms. The number of benzene rings is 1. The minimum Gasteiger partial charge on any atom is -0.388 e. The van der Waals surface area contributed by atoms with Crippen molar-refractivity contribution < 1.29 is 14.3 Å². The molecule has 120 valence electrons. The first kappa shape index (κ1) is 15.4. The molecule has 1 saturated carbocycles. The van der Waals surface area contributed by atoms with Crippen LogP contribution in [0.3, 0.4) is 0 Å². The summed E-state index contributed by atoms with van der Waals surface area (Å²) in [7, 11) is 0. The summed E-state index contributed by atoms with van der Waals surface area (Å²) in [6, 6.07) is 6.47. The van der Waals surface area contributed by atoms with Crippen LogP contribution >= 0.6 is 0 Å². The number of amides is 1. The van der Waals surface area contributed by atoms with Gasteiger partial charge in [-0.05, 0) is 62.4 Å². The van der Waals surface area contributed by atoms with Gasteiger partial charge in [-0.1, -0.05) is 12.1 Å². The van der Waals surface area contributed by atoms with E-state index in [0.717, 1.165) is 44.3 Å². The Morgan fingerprint density at radius 3 is 2.45 bits per heavy atom. The molecule has 0 radical (unpaired) electrons. The van der Waals surface area contributed by atoms with E-state index in [4.69, 9.17) is 0 Å². The monoisotopic (exact) mass is 306 g/mol. The van der Waals surface area contributed by atoms with Crippen LogP contribution in [0.2, 0.25) is 0 Å². The minimum absolute atomic E-state index is 0.111. The van der Waals surface area contributed by atoms with Crippen molar-refractivity contribution in [3.05, 3.63) is 35.6 Å². The smallest absolute Gasteiger partial charge is 0.234 e. The second-order valence-electron chi connectivity index (χ2n) is 6.45. The van der Waals surface area contributed by atoms with Gasteiger partial charge in [-0.15, -0.1) is 0 Å². The molecule has 1 aromatic rings. The number of carbonyl (C=O) groups excluding carboxylic acids is 1. The maximum atomic E-state index is 12.9. The molecule has 22 heavy (non-hydrogen) atoms. The van der Waals surface area contributed by atoms with Crippen molar-refractivity contribution in [3.63, 3.8) is 0 Å². The fourth-order valence-corrected chi connectivity index (χ4v) is 3.06. The van der Waals surface area contributed by atoms with E-state index in [0.29, 0.717) is 12.6 Å². The number of aliphatic hydroxyl groups is 1. The van der Waals surface area contributed by atoms with Crippen LogP contribution in [0.1, 0.15) is 37.4 Å². The second kappa shape index (κ2) is 6.75. The summed E-state index contributed by atoms with van der Waals surface area (Å²) in [5.74, 6) is 0.000631. The molecular formula is C17H23FN2O2. The van der Waals surface area contributed by atoms with Crippen molar-refractivity contribution in [3.8, 4) is 0 Å². The van der Waals surface area contributed by atoms with Crippen LogP contribution in [0.15, 0.2) is 24.3 Å². The molecule has 0 aromatic heterocycles. The molecule has 3 rings (SSSR count). The summed E-state index contributed by atoms with van der Waals surface area (Å²) in [5.41, 5.74) is 0.770. The van der Waals surface area contributed by atoms with Crippen LogP contribution in [-0.4, -0.2) is 41.6 Å². The quantitative estimate of drug-likeness (QED) is 0.873. The normalized spacial score (nSPS) is 21.5. The van der Waals surface area contributed by atoms with Crippen LogP contribution in [0.25, 0.3) is 0 Å². The molecule has 2 aliphatic rings. The summed E-state index contributed by atoms with van der Waals surface area (Å²) in [4.78, 5) is 13.9. The fraction of sp³-hybridized carbons (Fsp3) is 0.588. The first-order chi connectivity index (χ1) is 10.6. The Balaban J connectivity index is 1.46. The lowest BCUT2D eigenvalue weighted by molar-refractivity contribution is -0.122. The Kier molecular flexibility index (Phi) is 4.74. The molecule has 5 heteroatoms. The molecule has 1 aliphatic carbocycles. The predicted molar refractivity (Wildman–Crippen MR) is 81.7 cm³/mol. The first-order valence-electron chi connectivity index (χ1n) is 8.07. The van der Waals surface area contributed by atoms with Gasteiger partial charge in [0.15, 0.2) is 0 Å². The van der Waals surface area contributed by atoms with E-state index in [2.05, 4.69) is 10.2 Å². The molecule has 1 aromatic carbocycles. The summed E-state index contributed by atoms with van der Waals surface area (Å²) in [6.45, 7) is 2.10. The van der Waals surface area contributed by atoms with Gasteiger partial charge in [-0.2, -0.15) is 0 Å². The number of nitrogens with one attached hydrogen (secondary N) is 1. The molecule has 1 aliphatic heterocycles. The highest BCUT2D eigenvalue weighted by atomic mass is 19.1. The van der Waals surface area contributed by atoms with Gasteiger partial charge in [-0.3, -0.25) is 9.69 Å². The lowest BCUT2D eigenvalue weighted by atomic mass is 9.87. The highest BCUT2D eigenvalue weighted by molar-refractivity contribution is 5.78. The van der Waals surface area contributed by atoms with E-state index in [1.807, 2.05) is 0 Å². The van der Waals surface area contributed by atoms with Crippen LogP contribution in [0, 0.1) is 11.7 Å². The molecule has 1 atom stereocenters. The van der Waals surface area contributed by atoms with Crippen molar-refractivity contribution in [2.45, 2.75) is 37.8 Å². The highest BCUT2D eigenvalue weighted by Crippen LogP contribution is 2.30. The van der Waals surface area contributed by atoms with Gasteiger partial charge >= 0.3 is 0 Å². The third-order valence-corrected chi connectivity index (χ3v) is 4.60. The average Bonchev–Trinajstić information content (AvgIpc) is 3.32. The fourth-order valence-electron chi connectivity index (χ4n) is 3.06. The van der Waals surface area contributed by atoms with Crippen molar-refractivity contribution in [2.24, 2.45) is 5.92 Å². The predicted octanol–water partition coefficient (Wildman–Crippen LogP) is 1.85. The number of hydrogen-bond donors (Lipinski definition) is 2. The van der Waals surface area contributed by atoms with Gasteiger partial charge in [-0.25, -0.2) is 4.39 Å². The van der Waals surface area contributed by atoms with Gasteiger partial charge in [0.25, 0.3) is 0 Å². The zero-order valence-corrected chi connectivity index (χ0v) is 12.7. The zero-order valence-electron chi connectivity index (χ0n) is 12.7. The molecule has 4 nitrogen and oxygen atoms in total. The lowest BCUT2D eigenvalue weighted by Gasteiger charge is -2.34. The first-order valence-corrected chi connectivity index (χ1v) is 8.07. The van der Waals surface area contributed by atoms with Gasteiger partial charge in [0.05, 0.1) is 12.6 Å². The van der Waals surface area contributed by atoms with Crippen molar-refractivity contribution in [1.29, 1.82) is 0 Å². The number of aliphatic hydroxyl groups excluding tert-OH is 1. The molecule has 0 bridgehead atoms. The summed E-state index contributed by atoms with van der Waals surface area (Å²) >= 11 is 0. The molecular weight excluding hydrogens is 283 g/mol. The number of halogens is 1. The maximum Gasteiger partial charge on any atom is 0.234 e. The summed E-state index contributed by atoms with van der Waals surface area (Å²) < 4.78 is 12.9. The van der Waals surface area contributed by atoms with Crippen LogP contribution in [-0.2, 0) is 4.79 Å². The summed E-state index contributed by atoms with van der Waals surface area (Å²) in [6.07, 6.45) is 3.38. The van der Waals surface area contributed by atoms with E-state index in [1.54, 1.807) is 12.1 Å². The average molecular weight is 306 g/mol.